The fourth-order valence-electron chi connectivity index (χ4n) is 1.68. The van der Waals surface area contributed by atoms with Gasteiger partial charge in [0.15, 0.2) is 0 Å². The fourth-order valence-corrected chi connectivity index (χ4v) is 1.68. The van der Waals surface area contributed by atoms with Crippen LogP contribution < -0.4 is 0 Å². The van der Waals surface area contributed by atoms with E-state index in [1.165, 1.54) is 18.1 Å². The summed E-state index contributed by atoms with van der Waals surface area (Å²) in [4.78, 5) is 10.7. The Morgan fingerprint density at radius 1 is 1.43 bits per heavy atom. The van der Waals surface area contributed by atoms with Gasteiger partial charge in [0.1, 0.15) is 6.61 Å². The van der Waals surface area contributed by atoms with Crippen molar-refractivity contribution in [2.75, 3.05) is 6.61 Å². The summed E-state index contributed by atoms with van der Waals surface area (Å²) < 4.78 is 4.99. The number of carbonyl (C=O) groups excluding carboxylic acids is 1. The van der Waals surface area contributed by atoms with Gasteiger partial charge >= 0.3 is 5.97 Å². The zero-order valence-electron chi connectivity index (χ0n) is 8.07. The molecule has 1 aliphatic carbocycles. The summed E-state index contributed by atoms with van der Waals surface area (Å²) in [6, 6.07) is 8.16. The largest absolute Gasteiger partial charge is 0.465 e. The van der Waals surface area contributed by atoms with Gasteiger partial charge in [0, 0.05) is 12.8 Å². The van der Waals surface area contributed by atoms with E-state index in [-0.39, 0.29) is 11.9 Å². The van der Waals surface area contributed by atoms with Gasteiger partial charge in [0.25, 0.3) is 0 Å². The van der Waals surface area contributed by atoms with Crippen molar-refractivity contribution in [1.29, 1.82) is 0 Å². The molecule has 1 atom stereocenters. The van der Waals surface area contributed by atoms with E-state index < -0.39 is 0 Å². The quantitative estimate of drug-likeness (QED) is 0.666. The molecule has 0 saturated heterocycles. The first-order valence-electron chi connectivity index (χ1n) is 4.68. The van der Waals surface area contributed by atoms with Crippen molar-refractivity contribution in [3.8, 4) is 0 Å². The van der Waals surface area contributed by atoms with Crippen molar-refractivity contribution in [3.05, 3.63) is 41.5 Å². The van der Waals surface area contributed by atoms with Crippen LogP contribution >= 0.6 is 0 Å². The SMILES string of the molecule is CC(=O)OCC1C=Cc2ccccc21. The van der Waals surface area contributed by atoms with Crippen molar-refractivity contribution in [3.63, 3.8) is 0 Å². The van der Waals surface area contributed by atoms with Crippen LogP contribution in [-0.2, 0) is 9.53 Å². The van der Waals surface area contributed by atoms with E-state index in [0.717, 1.165) is 0 Å². The molecule has 0 amide bonds. The van der Waals surface area contributed by atoms with E-state index in [9.17, 15) is 4.79 Å². The van der Waals surface area contributed by atoms with Gasteiger partial charge in [-0.25, -0.2) is 0 Å². The van der Waals surface area contributed by atoms with Crippen molar-refractivity contribution in [2.45, 2.75) is 12.8 Å². The van der Waals surface area contributed by atoms with Crippen molar-refractivity contribution in [2.24, 2.45) is 0 Å². The third-order valence-corrected chi connectivity index (χ3v) is 2.37. The zero-order chi connectivity index (χ0) is 9.97. The third kappa shape index (κ3) is 1.69. The van der Waals surface area contributed by atoms with Gasteiger partial charge < -0.3 is 4.74 Å². The summed E-state index contributed by atoms with van der Waals surface area (Å²) in [6.45, 7) is 1.88. The highest BCUT2D eigenvalue weighted by Gasteiger charge is 2.17. The molecule has 72 valence electrons. The summed E-state index contributed by atoms with van der Waals surface area (Å²) in [5.74, 6) is 0.0119. The van der Waals surface area contributed by atoms with Gasteiger partial charge in [-0.15, -0.1) is 0 Å². The van der Waals surface area contributed by atoms with Crippen LogP contribution in [0.1, 0.15) is 24.0 Å². The molecule has 2 nitrogen and oxygen atoms in total. The number of benzene rings is 1. The lowest BCUT2D eigenvalue weighted by Gasteiger charge is -2.10. The maximum Gasteiger partial charge on any atom is 0.302 e. The van der Waals surface area contributed by atoms with Crippen LogP contribution in [-0.4, -0.2) is 12.6 Å². The first-order chi connectivity index (χ1) is 6.77. The third-order valence-electron chi connectivity index (χ3n) is 2.37. The maximum absolute atomic E-state index is 10.7. The smallest absolute Gasteiger partial charge is 0.302 e. The second-order valence-corrected chi connectivity index (χ2v) is 3.40. The van der Waals surface area contributed by atoms with Crippen LogP contribution in [0.4, 0.5) is 0 Å². The summed E-state index contributed by atoms with van der Waals surface area (Å²) in [5.41, 5.74) is 2.47. The maximum atomic E-state index is 10.7. The number of hydrogen-bond donors (Lipinski definition) is 0. The van der Waals surface area contributed by atoms with Crippen LogP contribution in [0.3, 0.4) is 0 Å². The average Bonchev–Trinajstić information content (AvgIpc) is 2.58. The Morgan fingerprint density at radius 2 is 2.21 bits per heavy atom. The highest BCUT2D eigenvalue weighted by molar-refractivity contribution is 5.67. The molecular formula is C12H12O2. The fraction of sp³-hybridized carbons (Fsp3) is 0.250. The summed E-state index contributed by atoms with van der Waals surface area (Å²) in [6.07, 6.45) is 4.15. The molecule has 2 rings (SSSR count). The predicted octanol–water partition coefficient (Wildman–Crippen LogP) is 2.36. The first-order valence-corrected chi connectivity index (χ1v) is 4.68. The number of fused-ring (bicyclic) bond motifs is 1. The van der Waals surface area contributed by atoms with E-state index in [2.05, 4.69) is 24.3 Å². The molecule has 0 N–H and O–H groups in total. The molecule has 0 aliphatic heterocycles. The van der Waals surface area contributed by atoms with E-state index in [4.69, 9.17) is 4.74 Å². The van der Waals surface area contributed by atoms with E-state index in [0.29, 0.717) is 6.61 Å². The number of esters is 1. The Morgan fingerprint density at radius 3 is 3.00 bits per heavy atom. The molecule has 0 aromatic heterocycles. The van der Waals surface area contributed by atoms with Gasteiger partial charge in [-0.3, -0.25) is 4.79 Å². The lowest BCUT2D eigenvalue weighted by atomic mass is 10.0. The van der Waals surface area contributed by atoms with Gasteiger partial charge in [-0.2, -0.15) is 0 Å². The van der Waals surface area contributed by atoms with E-state index in [1.807, 2.05) is 12.1 Å². The topological polar surface area (TPSA) is 26.3 Å². The minimum Gasteiger partial charge on any atom is -0.465 e. The van der Waals surface area contributed by atoms with E-state index >= 15 is 0 Å². The van der Waals surface area contributed by atoms with Gasteiger partial charge in [-0.1, -0.05) is 36.4 Å². The molecular weight excluding hydrogens is 176 g/mol. The normalized spacial score (nSPS) is 17.9. The molecule has 0 bridgehead atoms. The Labute approximate surface area is 83.2 Å². The molecule has 0 radical (unpaired) electrons. The minimum absolute atomic E-state index is 0.220. The van der Waals surface area contributed by atoms with Gasteiger partial charge in [0.05, 0.1) is 0 Å². The number of hydrogen-bond acceptors (Lipinski definition) is 2. The molecule has 14 heavy (non-hydrogen) atoms. The predicted molar refractivity (Wildman–Crippen MR) is 54.9 cm³/mol. The van der Waals surface area contributed by atoms with Gasteiger partial charge in [0.2, 0.25) is 0 Å². The summed E-state index contributed by atoms with van der Waals surface area (Å²) >= 11 is 0. The molecule has 0 fully saturated rings. The molecule has 0 saturated carbocycles. The number of ether oxygens (including phenoxy) is 1. The Balaban J connectivity index is 2.11. The molecule has 1 aliphatic rings. The Hall–Kier alpha value is -1.57. The average molecular weight is 188 g/mol. The number of carbonyl (C=O) groups is 1. The molecule has 0 spiro atoms. The summed E-state index contributed by atoms with van der Waals surface area (Å²) in [5, 5.41) is 0. The first kappa shape index (κ1) is 9.00. The van der Waals surface area contributed by atoms with Crippen molar-refractivity contribution >= 4 is 12.0 Å². The van der Waals surface area contributed by atoms with Gasteiger partial charge in [-0.05, 0) is 11.1 Å². The highest BCUT2D eigenvalue weighted by atomic mass is 16.5. The number of rotatable bonds is 2. The molecule has 0 heterocycles. The molecule has 1 aromatic rings. The zero-order valence-corrected chi connectivity index (χ0v) is 8.07. The second-order valence-electron chi connectivity index (χ2n) is 3.40. The van der Waals surface area contributed by atoms with Crippen LogP contribution in [0, 0.1) is 0 Å². The summed E-state index contributed by atoms with van der Waals surface area (Å²) in [7, 11) is 0. The lowest BCUT2D eigenvalue weighted by Crippen LogP contribution is -2.07. The van der Waals surface area contributed by atoms with Crippen LogP contribution in [0.15, 0.2) is 30.3 Å². The second kappa shape index (κ2) is 3.66. The van der Waals surface area contributed by atoms with Crippen molar-refractivity contribution in [1.82, 2.24) is 0 Å². The standard InChI is InChI=1S/C12H12O2/c1-9(13)14-8-11-7-6-10-4-2-3-5-12(10)11/h2-7,11H,8H2,1H3. The Kier molecular flexibility index (Phi) is 2.35. The van der Waals surface area contributed by atoms with Crippen LogP contribution in [0.5, 0.6) is 0 Å². The van der Waals surface area contributed by atoms with Crippen LogP contribution in [0.2, 0.25) is 0 Å². The van der Waals surface area contributed by atoms with Crippen molar-refractivity contribution < 1.29 is 9.53 Å². The monoisotopic (exact) mass is 188 g/mol. The molecule has 1 aromatic carbocycles. The van der Waals surface area contributed by atoms with Crippen LogP contribution in [0.25, 0.3) is 6.08 Å². The molecule has 1 unspecified atom stereocenters. The highest BCUT2D eigenvalue weighted by Crippen LogP contribution is 2.29. The Bertz CT molecular complexity index is 380. The molecule has 2 heteroatoms. The van der Waals surface area contributed by atoms with E-state index in [1.54, 1.807) is 0 Å². The minimum atomic E-state index is -0.220. The lowest BCUT2D eigenvalue weighted by molar-refractivity contribution is -0.141.